The van der Waals surface area contributed by atoms with Gasteiger partial charge in [-0.3, -0.25) is 0 Å². The van der Waals surface area contributed by atoms with E-state index in [1.54, 1.807) is 6.07 Å². The van der Waals surface area contributed by atoms with Crippen LogP contribution in [0.4, 0.5) is 15.8 Å². The summed E-state index contributed by atoms with van der Waals surface area (Å²) in [7, 11) is 1.98. The molecule has 5 rings (SSSR count). The maximum atomic E-state index is 13.8. The molecule has 1 aromatic carbocycles. The van der Waals surface area contributed by atoms with E-state index in [4.69, 9.17) is 4.74 Å². The van der Waals surface area contributed by atoms with E-state index in [2.05, 4.69) is 45.2 Å². The van der Waals surface area contributed by atoms with Crippen molar-refractivity contribution in [2.24, 2.45) is 7.05 Å². The second-order valence-corrected chi connectivity index (χ2v) is 7.77. The molecule has 6 heteroatoms. The molecule has 0 amide bonds. The van der Waals surface area contributed by atoms with Crippen molar-refractivity contribution in [3.05, 3.63) is 54.1 Å². The molecule has 0 spiro atoms. The molecule has 0 N–H and O–H groups in total. The maximum Gasteiger partial charge on any atom is 0.142 e. The number of rotatable bonds is 3. The van der Waals surface area contributed by atoms with Crippen LogP contribution in [0.15, 0.2) is 42.7 Å². The lowest BCUT2D eigenvalue weighted by molar-refractivity contribution is 0.122. The Morgan fingerprint density at radius 3 is 2.68 bits per heavy atom. The predicted molar refractivity (Wildman–Crippen MR) is 110 cm³/mol. The van der Waals surface area contributed by atoms with E-state index in [1.807, 2.05) is 11.6 Å². The summed E-state index contributed by atoms with van der Waals surface area (Å²) in [4.78, 5) is 9.10. The molecule has 2 saturated heterocycles. The number of pyridine rings is 1. The van der Waals surface area contributed by atoms with Gasteiger partial charge in [0, 0.05) is 62.1 Å². The summed E-state index contributed by atoms with van der Waals surface area (Å²) in [6.45, 7) is 5.43. The summed E-state index contributed by atoms with van der Waals surface area (Å²) in [6.07, 6.45) is 4.48. The fraction of sp³-hybridized carbons (Fsp3) is 0.409. The van der Waals surface area contributed by atoms with Gasteiger partial charge >= 0.3 is 0 Å². The summed E-state index contributed by atoms with van der Waals surface area (Å²) in [6, 6.07) is 10.4. The van der Waals surface area contributed by atoms with Crippen LogP contribution in [-0.4, -0.2) is 48.9 Å². The highest BCUT2D eigenvalue weighted by molar-refractivity contribution is 5.81. The second-order valence-electron chi connectivity index (χ2n) is 7.77. The Kier molecular flexibility index (Phi) is 4.43. The zero-order chi connectivity index (χ0) is 19.1. The third-order valence-electron chi connectivity index (χ3n) is 6.01. The van der Waals surface area contributed by atoms with Gasteiger partial charge in [0.1, 0.15) is 11.5 Å². The summed E-state index contributed by atoms with van der Waals surface area (Å²) in [5.74, 6) is 0.118. The zero-order valence-corrected chi connectivity index (χ0v) is 16.1. The molecule has 0 aliphatic carbocycles. The van der Waals surface area contributed by atoms with Gasteiger partial charge in [-0.15, -0.1) is 0 Å². The Morgan fingerprint density at radius 1 is 1.07 bits per heavy atom. The van der Waals surface area contributed by atoms with E-state index in [-0.39, 0.29) is 5.82 Å². The number of ether oxygens (including phenoxy) is 1. The zero-order valence-electron chi connectivity index (χ0n) is 16.1. The Balaban J connectivity index is 1.39. The van der Waals surface area contributed by atoms with E-state index in [9.17, 15) is 4.39 Å². The van der Waals surface area contributed by atoms with Gasteiger partial charge in [-0.25, -0.2) is 9.37 Å². The third kappa shape index (κ3) is 3.11. The lowest BCUT2D eigenvalue weighted by Crippen LogP contribution is -2.36. The SMILES string of the molecule is Cn1cc(C2CCN(c3cccc(N4CCOCC4)c3)C2)c2cc(F)cnc21. The lowest BCUT2D eigenvalue weighted by Gasteiger charge is -2.30. The normalized spacial score (nSPS) is 20.3. The smallest absolute Gasteiger partial charge is 0.142 e. The van der Waals surface area contributed by atoms with Crippen molar-refractivity contribution >= 4 is 22.4 Å². The fourth-order valence-corrected chi connectivity index (χ4v) is 4.55. The van der Waals surface area contributed by atoms with Crippen molar-refractivity contribution in [1.29, 1.82) is 0 Å². The number of aromatic nitrogens is 2. The lowest BCUT2D eigenvalue weighted by atomic mass is 9.99. The quantitative estimate of drug-likeness (QED) is 0.696. The highest BCUT2D eigenvalue weighted by Gasteiger charge is 2.27. The van der Waals surface area contributed by atoms with E-state index >= 15 is 0 Å². The molecule has 0 radical (unpaired) electrons. The van der Waals surface area contributed by atoms with Crippen LogP contribution in [-0.2, 0) is 11.8 Å². The molecule has 2 fully saturated rings. The Labute approximate surface area is 164 Å². The molecule has 3 aromatic rings. The van der Waals surface area contributed by atoms with Crippen LogP contribution in [0.5, 0.6) is 0 Å². The number of aryl methyl sites for hydroxylation is 1. The number of nitrogens with zero attached hydrogens (tertiary/aromatic N) is 4. The molecule has 0 saturated carbocycles. The highest BCUT2D eigenvalue weighted by Crippen LogP contribution is 2.36. The molecule has 5 nitrogen and oxygen atoms in total. The van der Waals surface area contributed by atoms with Crippen LogP contribution < -0.4 is 9.80 Å². The number of benzene rings is 1. The van der Waals surface area contributed by atoms with Gasteiger partial charge < -0.3 is 19.1 Å². The van der Waals surface area contributed by atoms with Crippen LogP contribution >= 0.6 is 0 Å². The molecule has 2 aromatic heterocycles. The van der Waals surface area contributed by atoms with Gasteiger partial charge in [-0.2, -0.15) is 0 Å². The summed E-state index contributed by atoms with van der Waals surface area (Å²) in [5.41, 5.74) is 4.58. The molecule has 2 aliphatic rings. The average Bonchev–Trinajstić information content (AvgIpc) is 3.34. The number of morpholine rings is 1. The van der Waals surface area contributed by atoms with Crippen molar-refractivity contribution in [1.82, 2.24) is 9.55 Å². The van der Waals surface area contributed by atoms with Gasteiger partial charge in [0.05, 0.1) is 19.4 Å². The first kappa shape index (κ1) is 17.5. The molecule has 0 bridgehead atoms. The van der Waals surface area contributed by atoms with Gasteiger partial charge in [0.2, 0.25) is 0 Å². The first-order valence-electron chi connectivity index (χ1n) is 9.97. The summed E-state index contributed by atoms with van der Waals surface area (Å²) in [5, 5.41) is 0.941. The highest BCUT2D eigenvalue weighted by atomic mass is 19.1. The van der Waals surface area contributed by atoms with E-state index in [0.717, 1.165) is 56.8 Å². The first-order chi connectivity index (χ1) is 13.7. The van der Waals surface area contributed by atoms with Crippen LogP contribution in [0.1, 0.15) is 17.9 Å². The standard InChI is InChI=1S/C22H25FN4O/c1-25-15-21(20-11-17(23)13-24-22(20)25)16-5-6-27(14-16)19-4-2-3-18(12-19)26-7-9-28-10-8-26/h2-4,11-13,15-16H,5-10,14H2,1H3. The van der Waals surface area contributed by atoms with Crippen molar-refractivity contribution in [3.8, 4) is 0 Å². The Morgan fingerprint density at radius 2 is 1.86 bits per heavy atom. The monoisotopic (exact) mass is 380 g/mol. The molecule has 28 heavy (non-hydrogen) atoms. The molecular formula is C22H25FN4O. The number of anilines is 2. The van der Waals surface area contributed by atoms with Crippen LogP contribution in [0.2, 0.25) is 0 Å². The minimum atomic E-state index is -0.270. The molecular weight excluding hydrogens is 355 g/mol. The minimum absolute atomic E-state index is 0.270. The average molecular weight is 380 g/mol. The van der Waals surface area contributed by atoms with Crippen molar-refractivity contribution in [2.45, 2.75) is 12.3 Å². The Bertz CT molecular complexity index is 995. The van der Waals surface area contributed by atoms with Gasteiger partial charge in [-0.05, 0) is 36.2 Å². The van der Waals surface area contributed by atoms with Gasteiger partial charge in [0.25, 0.3) is 0 Å². The van der Waals surface area contributed by atoms with Crippen LogP contribution in [0, 0.1) is 5.82 Å². The molecule has 146 valence electrons. The second kappa shape index (κ2) is 7.09. The molecule has 2 aliphatic heterocycles. The van der Waals surface area contributed by atoms with E-state index in [0.29, 0.717) is 5.92 Å². The molecule has 1 atom stereocenters. The van der Waals surface area contributed by atoms with Crippen molar-refractivity contribution < 1.29 is 9.13 Å². The predicted octanol–water partition coefficient (Wildman–Crippen LogP) is 3.54. The van der Waals surface area contributed by atoms with E-state index in [1.165, 1.54) is 23.1 Å². The van der Waals surface area contributed by atoms with Crippen molar-refractivity contribution in [2.75, 3.05) is 49.2 Å². The largest absolute Gasteiger partial charge is 0.378 e. The Hall–Kier alpha value is -2.60. The third-order valence-corrected chi connectivity index (χ3v) is 6.01. The number of hydrogen-bond donors (Lipinski definition) is 0. The van der Waals surface area contributed by atoms with Crippen LogP contribution in [0.3, 0.4) is 0 Å². The van der Waals surface area contributed by atoms with Crippen LogP contribution in [0.25, 0.3) is 11.0 Å². The minimum Gasteiger partial charge on any atom is -0.378 e. The van der Waals surface area contributed by atoms with E-state index < -0.39 is 0 Å². The van der Waals surface area contributed by atoms with Gasteiger partial charge in [0.15, 0.2) is 0 Å². The van der Waals surface area contributed by atoms with Crippen molar-refractivity contribution in [3.63, 3.8) is 0 Å². The summed E-state index contributed by atoms with van der Waals surface area (Å²) < 4.78 is 21.3. The topological polar surface area (TPSA) is 33.5 Å². The number of fused-ring (bicyclic) bond motifs is 1. The number of hydrogen-bond acceptors (Lipinski definition) is 4. The number of halogens is 1. The first-order valence-corrected chi connectivity index (χ1v) is 9.97. The molecule has 4 heterocycles. The maximum absolute atomic E-state index is 13.8. The molecule has 1 unspecified atom stereocenters. The van der Waals surface area contributed by atoms with Gasteiger partial charge in [-0.1, -0.05) is 6.07 Å². The summed E-state index contributed by atoms with van der Waals surface area (Å²) >= 11 is 0. The fourth-order valence-electron chi connectivity index (χ4n) is 4.55.